The number of hydrogen-bond donors (Lipinski definition) is 0. The highest BCUT2D eigenvalue weighted by Crippen LogP contribution is 2.48. The molecule has 10 heteroatoms. The number of benzene rings is 6. The van der Waals surface area contributed by atoms with Crippen molar-refractivity contribution < 1.29 is 16.8 Å². The van der Waals surface area contributed by atoms with E-state index in [0.29, 0.717) is 32.4 Å². The van der Waals surface area contributed by atoms with Crippen LogP contribution in [0, 0.1) is 0 Å². The fourth-order valence-electron chi connectivity index (χ4n) is 8.95. The molecule has 70 heavy (non-hydrogen) atoms. The third kappa shape index (κ3) is 12.6. The molecule has 8 rings (SSSR count). The maximum atomic E-state index is 14.6. The van der Waals surface area contributed by atoms with Crippen molar-refractivity contribution in [2.24, 2.45) is 0 Å². The van der Waals surface area contributed by atoms with Crippen molar-refractivity contribution >= 4 is 76.5 Å². The molecule has 0 spiro atoms. The molecule has 0 fully saturated rings. The van der Waals surface area contributed by atoms with Crippen molar-refractivity contribution in [3.05, 3.63) is 182 Å². The molecular weight excluding hydrogens is 941 g/mol. The van der Waals surface area contributed by atoms with Crippen LogP contribution < -0.4 is 9.80 Å². The van der Waals surface area contributed by atoms with Gasteiger partial charge in [0.05, 0.1) is 31.1 Å². The van der Waals surface area contributed by atoms with Gasteiger partial charge in [0.2, 0.25) is 0 Å². The van der Waals surface area contributed by atoms with Crippen molar-refractivity contribution in [1.29, 1.82) is 0 Å². The summed E-state index contributed by atoms with van der Waals surface area (Å²) in [5.41, 5.74) is 7.53. The van der Waals surface area contributed by atoms with E-state index in [1.165, 1.54) is 22.7 Å². The van der Waals surface area contributed by atoms with Crippen LogP contribution in [0.3, 0.4) is 0 Å². The lowest BCUT2D eigenvalue weighted by Crippen LogP contribution is -2.09. The lowest BCUT2D eigenvalue weighted by atomic mass is 10.1. The van der Waals surface area contributed by atoms with E-state index in [1.54, 1.807) is 12.1 Å². The molecule has 0 aliphatic rings. The molecule has 2 heterocycles. The molecule has 0 aliphatic carbocycles. The number of sulfone groups is 2. The molecule has 0 bridgehead atoms. The summed E-state index contributed by atoms with van der Waals surface area (Å²) in [7, 11) is -7.43. The van der Waals surface area contributed by atoms with Crippen LogP contribution in [-0.4, -0.2) is 28.3 Å². The fourth-order valence-corrected chi connectivity index (χ4v) is 15.3. The van der Waals surface area contributed by atoms with Crippen LogP contribution in [0.15, 0.2) is 192 Å². The zero-order chi connectivity index (χ0) is 48.8. The van der Waals surface area contributed by atoms with Crippen LogP contribution >= 0.6 is 22.7 Å². The van der Waals surface area contributed by atoms with Gasteiger partial charge in [-0.1, -0.05) is 175 Å². The van der Waals surface area contributed by atoms with E-state index in [0.717, 1.165) is 119 Å². The first-order valence-electron chi connectivity index (χ1n) is 24.9. The van der Waals surface area contributed by atoms with E-state index >= 15 is 0 Å². The van der Waals surface area contributed by atoms with Crippen molar-refractivity contribution in [2.45, 2.75) is 101 Å². The Balaban J connectivity index is 1.19. The third-order valence-electron chi connectivity index (χ3n) is 12.7. The summed E-state index contributed by atoms with van der Waals surface area (Å²) >= 11 is 2.85. The van der Waals surface area contributed by atoms with E-state index in [9.17, 15) is 16.8 Å². The van der Waals surface area contributed by atoms with Crippen LogP contribution in [0.25, 0.3) is 30.6 Å². The molecule has 0 unspecified atom stereocenters. The number of hydrogen-bond acceptors (Lipinski definition) is 8. The third-order valence-corrected chi connectivity index (χ3v) is 19.1. The zero-order valence-corrected chi connectivity index (χ0v) is 43.6. The first-order chi connectivity index (χ1) is 34.2. The van der Waals surface area contributed by atoms with Gasteiger partial charge >= 0.3 is 0 Å². The van der Waals surface area contributed by atoms with E-state index < -0.39 is 19.7 Å². The molecule has 0 radical (unpaired) electrons. The largest absolute Gasteiger partial charge is 0.311 e. The standard InChI is InChI=1S/C60H64N2O4S4/c1-3-5-7-9-11-25-43-69(63,64)57-45-55(67-59(57)47-35-39-53(40-36-47)61(49-27-17-13-18-28-49)50-29-19-14-20-30-50)56-46-58(70(65,66)44-26-12-10-8-6-4-2)60(68-56)48-37-41-54(42-38-48)62(51-31-21-15-22-32-51)52-33-23-16-24-34-52/h13-24,27-42,45-46H,3-12,25-26,43-44H2,1-2H3. The molecule has 0 saturated carbocycles. The number of para-hydroxylation sites is 4. The van der Waals surface area contributed by atoms with Crippen LogP contribution in [0.2, 0.25) is 0 Å². The van der Waals surface area contributed by atoms with Gasteiger partial charge in [0, 0.05) is 43.9 Å². The SMILES string of the molecule is CCCCCCCCS(=O)(=O)c1cc(-c2cc(S(=O)(=O)CCCCCCCC)c(-c3ccc(N(c4ccccc4)c4ccccc4)cc3)s2)sc1-c1ccc(N(c2ccccc2)c2ccccc2)cc1. The summed E-state index contributed by atoms with van der Waals surface area (Å²) in [5.74, 6) is 0.109. The summed E-state index contributed by atoms with van der Waals surface area (Å²) < 4.78 is 58.3. The molecule has 362 valence electrons. The molecule has 6 aromatic carbocycles. The lowest BCUT2D eigenvalue weighted by molar-refractivity contribution is 0.583. The average molecular weight is 1010 g/mol. The summed E-state index contributed by atoms with van der Waals surface area (Å²) in [6.07, 6.45) is 11.7. The first-order valence-corrected chi connectivity index (χ1v) is 29.9. The van der Waals surface area contributed by atoms with Crippen LogP contribution in [0.5, 0.6) is 0 Å². The normalized spacial score (nSPS) is 11.7. The van der Waals surface area contributed by atoms with E-state index in [1.807, 2.05) is 97.1 Å². The molecule has 0 aliphatic heterocycles. The molecular formula is C60H64N2O4S4. The van der Waals surface area contributed by atoms with Gasteiger partial charge in [-0.25, -0.2) is 16.8 Å². The minimum Gasteiger partial charge on any atom is -0.311 e. The van der Waals surface area contributed by atoms with E-state index in [2.05, 4.69) is 96.4 Å². The fraction of sp³-hybridized carbons (Fsp3) is 0.267. The maximum absolute atomic E-state index is 14.6. The van der Waals surface area contributed by atoms with Crippen LogP contribution in [0.1, 0.15) is 90.9 Å². The molecule has 0 atom stereocenters. The van der Waals surface area contributed by atoms with E-state index in [-0.39, 0.29) is 11.5 Å². The lowest BCUT2D eigenvalue weighted by Gasteiger charge is -2.25. The highest BCUT2D eigenvalue weighted by Gasteiger charge is 2.28. The summed E-state index contributed by atoms with van der Waals surface area (Å²) in [4.78, 5) is 7.77. The second-order valence-corrected chi connectivity index (χ2v) is 24.1. The Morgan fingerprint density at radius 3 is 0.914 bits per heavy atom. The topological polar surface area (TPSA) is 74.8 Å². The summed E-state index contributed by atoms with van der Waals surface area (Å²) in [6.45, 7) is 4.36. The summed E-state index contributed by atoms with van der Waals surface area (Å²) in [5, 5.41) is 0. The molecule has 0 amide bonds. The zero-order valence-electron chi connectivity index (χ0n) is 40.4. The first kappa shape index (κ1) is 50.6. The number of unbranched alkanes of at least 4 members (excludes halogenated alkanes) is 10. The Hall–Kier alpha value is -5.78. The van der Waals surface area contributed by atoms with Crippen molar-refractivity contribution in [1.82, 2.24) is 0 Å². The second-order valence-electron chi connectivity index (χ2n) is 17.9. The molecule has 6 nitrogen and oxygen atoms in total. The van der Waals surface area contributed by atoms with Gasteiger partial charge in [-0.05, 0) is 109 Å². The Morgan fingerprint density at radius 2 is 0.614 bits per heavy atom. The van der Waals surface area contributed by atoms with Gasteiger partial charge in [0.1, 0.15) is 0 Å². The van der Waals surface area contributed by atoms with E-state index in [4.69, 9.17) is 0 Å². The minimum absolute atomic E-state index is 0.0546. The maximum Gasteiger partial charge on any atom is 0.179 e. The Kier molecular flexibility index (Phi) is 17.6. The van der Waals surface area contributed by atoms with Crippen molar-refractivity contribution in [2.75, 3.05) is 21.3 Å². The second kappa shape index (κ2) is 24.4. The number of anilines is 6. The number of thiophene rings is 2. The summed E-state index contributed by atoms with van der Waals surface area (Å²) in [6, 6.07) is 60.7. The number of rotatable bonds is 25. The average Bonchev–Trinajstić information content (AvgIpc) is 4.06. The van der Waals surface area contributed by atoms with Crippen LogP contribution in [-0.2, 0) is 19.7 Å². The number of nitrogens with zero attached hydrogens (tertiary/aromatic N) is 2. The van der Waals surface area contributed by atoms with Gasteiger partial charge in [-0.2, -0.15) is 0 Å². The van der Waals surface area contributed by atoms with Gasteiger partial charge in [0.15, 0.2) is 19.7 Å². The Labute approximate surface area is 425 Å². The predicted molar refractivity (Wildman–Crippen MR) is 299 cm³/mol. The smallest absolute Gasteiger partial charge is 0.179 e. The van der Waals surface area contributed by atoms with Gasteiger partial charge in [-0.15, -0.1) is 22.7 Å². The monoisotopic (exact) mass is 1000 g/mol. The Morgan fingerprint density at radius 1 is 0.343 bits per heavy atom. The molecule has 8 aromatic rings. The molecule has 0 N–H and O–H groups in total. The van der Waals surface area contributed by atoms with Crippen LogP contribution in [0.4, 0.5) is 34.1 Å². The highest BCUT2D eigenvalue weighted by atomic mass is 32.2. The molecule has 2 aromatic heterocycles. The highest BCUT2D eigenvalue weighted by molar-refractivity contribution is 7.92. The van der Waals surface area contributed by atoms with Gasteiger partial charge < -0.3 is 9.80 Å². The van der Waals surface area contributed by atoms with Crippen molar-refractivity contribution in [3.63, 3.8) is 0 Å². The minimum atomic E-state index is -3.71. The predicted octanol–water partition coefficient (Wildman–Crippen LogP) is 18.0. The quantitative estimate of drug-likeness (QED) is 0.0531. The van der Waals surface area contributed by atoms with Crippen molar-refractivity contribution in [3.8, 4) is 30.6 Å². The molecule has 0 saturated heterocycles. The Bertz CT molecular complexity index is 2790. The van der Waals surface area contributed by atoms with Gasteiger partial charge in [-0.3, -0.25) is 0 Å². The van der Waals surface area contributed by atoms with Gasteiger partial charge in [0.25, 0.3) is 0 Å².